The zero-order valence-corrected chi connectivity index (χ0v) is 10.2. The molecule has 1 aliphatic carbocycles. The van der Waals surface area contributed by atoms with Gasteiger partial charge >= 0.3 is 0 Å². The van der Waals surface area contributed by atoms with Gasteiger partial charge in [-0.3, -0.25) is 4.90 Å². The minimum Gasteiger partial charge on any atom is -0.300 e. The summed E-state index contributed by atoms with van der Waals surface area (Å²) in [4.78, 5) is 2.65. The minimum atomic E-state index is 0.675. The maximum Gasteiger partial charge on any atom is 0.0595 e. The summed E-state index contributed by atoms with van der Waals surface area (Å²) in [5, 5.41) is 3.57. The molecule has 88 valence electrons. The van der Waals surface area contributed by atoms with Crippen LogP contribution in [-0.4, -0.2) is 30.7 Å². The van der Waals surface area contributed by atoms with Crippen molar-refractivity contribution in [3.05, 3.63) is 0 Å². The van der Waals surface area contributed by atoms with E-state index in [4.69, 9.17) is 0 Å². The summed E-state index contributed by atoms with van der Waals surface area (Å²) in [6.07, 6.45) is 10.8. The first kappa shape index (κ1) is 11.4. The molecule has 2 aliphatic rings. The van der Waals surface area contributed by atoms with Crippen LogP contribution in [0.25, 0.3) is 0 Å². The van der Waals surface area contributed by atoms with Crippen LogP contribution < -0.4 is 5.32 Å². The molecule has 15 heavy (non-hydrogen) atoms. The van der Waals surface area contributed by atoms with E-state index in [1.807, 2.05) is 0 Å². The second-order valence-corrected chi connectivity index (χ2v) is 5.21. The van der Waals surface area contributed by atoms with Gasteiger partial charge in [-0.05, 0) is 25.3 Å². The van der Waals surface area contributed by atoms with Crippen LogP contribution in [0.5, 0.6) is 0 Å². The Morgan fingerprint density at radius 2 is 2.00 bits per heavy atom. The van der Waals surface area contributed by atoms with Gasteiger partial charge in [0.15, 0.2) is 0 Å². The normalized spacial score (nSPS) is 29.8. The van der Waals surface area contributed by atoms with Crippen LogP contribution in [-0.2, 0) is 0 Å². The van der Waals surface area contributed by atoms with Crippen molar-refractivity contribution in [1.82, 2.24) is 10.2 Å². The molecule has 1 unspecified atom stereocenters. The Kier molecular flexibility index (Phi) is 4.45. The van der Waals surface area contributed by atoms with E-state index >= 15 is 0 Å². The molecule has 1 atom stereocenters. The first-order chi connectivity index (χ1) is 7.40. The summed E-state index contributed by atoms with van der Waals surface area (Å²) in [6.45, 7) is 6.08. The van der Waals surface area contributed by atoms with Crippen LogP contribution in [0, 0.1) is 5.92 Å². The predicted octanol–water partition coefficient (Wildman–Crippen LogP) is 2.60. The predicted molar refractivity (Wildman–Crippen MR) is 64.8 cm³/mol. The topological polar surface area (TPSA) is 15.3 Å². The van der Waals surface area contributed by atoms with Crippen molar-refractivity contribution in [2.45, 2.75) is 58.0 Å². The van der Waals surface area contributed by atoms with Gasteiger partial charge in [-0.25, -0.2) is 0 Å². The fourth-order valence-electron chi connectivity index (χ4n) is 3.15. The van der Waals surface area contributed by atoms with E-state index in [0.717, 1.165) is 5.92 Å². The van der Waals surface area contributed by atoms with Crippen LogP contribution in [0.1, 0.15) is 51.9 Å². The highest BCUT2D eigenvalue weighted by Gasteiger charge is 2.23. The molecular formula is C13H26N2. The van der Waals surface area contributed by atoms with E-state index in [0.29, 0.717) is 6.17 Å². The first-order valence-corrected chi connectivity index (χ1v) is 6.87. The lowest BCUT2D eigenvalue weighted by Crippen LogP contribution is -2.36. The Labute approximate surface area is 94.4 Å². The second kappa shape index (κ2) is 5.86. The fourth-order valence-corrected chi connectivity index (χ4v) is 3.15. The first-order valence-electron chi connectivity index (χ1n) is 6.87. The van der Waals surface area contributed by atoms with Gasteiger partial charge in [-0.15, -0.1) is 0 Å². The van der Waals surface area contributed by atoms with Gasteiger partial charge in [0.25, 0.3) is 0 Å². The molecular weight excluding hydrogens is 184 g/mol. The summed E-state index contributed by atoms with van der Waals surface area (Å²) >= 11 is 0. The molecule has 0 aromatic rings. The van der Waals surface area contributed by atoms with E-state index in [2.05, 4.69) is 17.1 Å². The molecule has 1 heterocycles. The van der Waals surface area contributed by atoms with Crippen LogP contribution >= 0.6 is 0 Å². The van der Waals surface area contributed by atoms with E-state index in [-0.39, 0.29) is 0 Å². The number of nitrogens with one attached hydrogen (secondary N) is 1. The number of hydrogen-bond acceptors (Lipinski definition) is 2. The number of rotatable bonds is 4. The molecule has 1 N–H and O–H groups in total. The third-order valence-electron chi connectivity index (χ3n) is 4.16. The second-order valence-electron chi connectivity index (χ2n) is 5.21. The van der Waals surface area contributed by atoms with Crippen LogP contribution in [0.4, 0.5) is 0 Å². The molecule has 0 radical (unpaired) electrons. The lowest BCUT2D eigenvalue weighted by Gasteiger charge is -2.27. The highest BCUT2D eigenvalue weighted by atomic mass is 15.3. The molecule has 2 rings (SSSR count). The molecule has 2 nitrogen and oxygen atoms in total. The van der Waals surface area contributed by atoms with Crippen molar-refractivity contribution in [1.29, 1.82) is 0 Å². The third-order valence-corrected chi connectivity index (χ3v) is 4.16. The van der Waals surface area contributed by atoms with Crippen LogP contribution in [0.15, 0.2) is 0 Å². The van der Waals surface area contributed by atoms with Crippen LogP contribution in [0.3, 0.4) is 0 Å². The summed E-state index contributed by atoms with van der Waals surface area (Å²) in [6, 6.07) is 0. The van der Waals surface area contributed by atoms with E-state index in [9.17, 15) is 0 Å². The molecule has 2 fully saturated rings. The molecule has 1 aliphatic heterocycles. The SMILES string of the molecule is CCC1NCCN1CCC1CCCCC1. The largest absolute Gasteiger partial charge is 0.300 e. The smallest absolute Gasteiger partial charge is 0.0595 e. The summed E-state index contributed by atoms with van der Waals surface area (Å²) in [7, 11) is 0. The van der Waals surface area contributed by atoms with Crippen molar-refractivity contribution in [2.24, 2.45) is 5.92 Å². The lowest BCUT2D eigenvalue weighted by molar-refractivity contribution is 0.205. The highest BCUT2D eigenvalue weighted by Crippen LogP contribution is 2.26. The Morgan fingerprint density at radius 1 is 1.20 bits per heavy atom. The standard InChI is InChI=1S/C13H26N2/c1-2-13-14-9-11-15(13)10-8-12-6-4-3-5-7-12/h12-14H,2-11H2,1H3. The van der Waals surface area contributed by atoms with Gasteiger partial charge in [0.05, 0.1) is 6.17 Å². The van der Waals surface area contributed by atoms with Gasteiger partial charge in [0, 0.05) is 13.1 Å². The number of hydrogen-bond donors (Lipinski definition) is 1. The summed E-state index contributed by atoms with van der Waals surface area (Å²) in [5.41, 5.74) is 0. The zero-order chi connectivity index (χ0) is 10.5. The highest BCUT2D eigenvalue weighted by molar-refractivity contribution is 4.78. The molecule has 2 heteroatoms. The fraction of sp³-hybridized carbons (Fsp3) is 1.00. The lowest BCUT2D eigenvalue weighted by atomic mass is 9.87. The monoisotopic (exact) mass is 210 g/mol. The van der Waals surface area contributed by atoms with Crippen LogP contribution in [0.2, 0.25) is 0 Å². The van der Waals surface area contributed by atoms with Gasteiger partial charge in [-0.1, -0.05) is 39.0 Å². The molecule has 1 saturated heterocycles. The molecule has 1 saturated carbocycles. The maximum atomic E-state index is 3.57. The molecule has 0 bridgehead atoms. The average Bonchev–Trinajstić information content (AvgIpc) is 2.75. The molecule has 0 amide bonds. The van der Waals surface area contributed by atoms with Crippen molar-refractivity contribution in [3.8, 4) is 0 Å². The molecule has 0 aromatic heterocycles. The summed E-state index contributed by atoms with van der Waals surface area (Å²) in [5.74, 6) is 1.04. The number of nitrogens with zero attached hydrogens (tertiary/aromatic N) is 1. The van der Waals surface area contributed by atoms with Crippen molar-refractivity contribution < 1.29 is 0 Å². The van der Waals surface area contributed by atoms with E-state index in [1.54, 1.807) is 0 Å². The third kappa shape index (κ3) is 3.18. The van der Waals surface area contributed by atoms with Crippen molar-refractivity contribution in [2.75, 3.05) is 19.6 Å². The minimum absolute atomic E-state index is 0.675. The zero-order valence-electron chi connectivity index (χ0n) is 10.2. The molecule has 0 aromatic carbocycles. The van der Waals surface area contributed by atoms with E-state index in [1.165, 1.54) is 64.6 Å². The Balaban J connectivity index is 1.67. The van der Waals surface area contributed by atoms with Gasteiger partial charge in [0.2, 0.25) is 0 Å². The summed E-state index contributed by atoms with van der Waals surface area (Å²) < 4.78 is 0. The van der Waals surface area contributed by atoms with Gasteiger partial charge in [0.1, 0.15) is 0 Å². The Hall–Kier alpha value is -0.0800. The van der Waals surface area contributed by atoms with Crippen molar-refractivity contribution in [3.63, 3.8) is 0 Å². The quantitative estimate of drug-likeness (QED) is 0.767. The molecule has 0 spiro atoms. The Morgan fingerprint density at radius 3 is 2.73 bits per heavy atom. The Bertz CT molecular complexity index is 175. The maximum absolute atomic E-state index is 3.57. The van der Waals surface area contributed by atoms with Gasteiger partial charge in [-0.2, -0.15) is 0 Å². The van der Waals surface area contributed by atoms with Gasteiger partial charge < -0.3 is 5.32 Å². The van der Waals surface area contributed by atoms with Crippen molar-refractivity contribution >= 4 is 0 Å². The van der Waals surface area contributed by atoms with E-state index < -0.39 is 0 Å². The average molecular weight is 210 g/mol.